The monoisotopic (exact) mass is 200 g/mol. The summed E-state index contributed by atoms with van der Waals surface area (Å²) in [5, 5.41) is 0. The number of hydrogen-bond donors (Lipinski definition) is 1. The molecule has 4 nitrogen and oxygen atoms in total. The van der Waals surface area contributed by atoms with Gasteiger partial charge in [-0.1, -0.05) is 0 Å². The Morgan fingerprint density at radius 3 is 2.67 bits per heavy atom. The SMILES string of the molecule is Cc1cc(N)nc(-c2cnccc2C)n1. The van der Waals surface area contributed by atoms with Crippen molar-refractivity contribution in [3.05, 3.63) is 35.8 Å². The van der Waals surface area contributed by atoms with Crippen molar-refractivity contribution in [1.29, 1.82) is 0 Å². The number of hydrogen-bond acceptors (Lipinski definition) is 4. The number of rotatable bonds is 1. The average Bonchev–Trinajstić information content (AvgIpc) is 2.16. The highest BCUT2D eigenvalue weighted by atomic mass is 14.9. The Bertz CT molecular complexity index is 473. The van der Waals surface area contributed by atoms with E-state index in [4.69, 9.17) is 5.73 Å². The van der Waals surface area contributed by atoms with Gasteiger partial charge < -0.3 is 5.73 Å². The fourth-order valence-electron chi connectivity index (χ4n) is 1.41. The third kappa shape index (κ3) is 1.93. The van der Waals surface area contributed by atoms with Gasteiger partial charge in [0.2, 0.25) is 0 Å². The first-order chi connectivity index (χ1) is 7.16. The molecule has 4 heteroatoms. The summed E-state index contributed by atoms with van der Waals surface area (Å²) in [6.45, 7) is 3.89. The van der Waals surface area contributed by atoms with Crippen LogP contribution in [0.4, 0.5) is 5.82 Å². The Hall–Kier alpha value is -1.97. The second-order valence-corrected chi connectivity index (χ2v) is 3.45. The molecular weight excluding hydrogens is 188 g/mol. The van der Waals surface area contributed by atoms with E-state index in [-0.39, 0.29) is 0 Å². The van der Waals surface area contributed by atoms with Crippen molar-refractivity contribution in [3.63, 3.8) is 0 Å². The minimum atomic E-state index is 0.487. The van der Waals surface area contributed by atoms with Gasteiger partial charge in [0.25, 0.3) is 0 Å². The van der Waals surface area contributed by atoms with Crippen molar-refractivity contribution in [1.82, 2.24) is 15.0 Å². The molecule has 0 unspecified atom stereocenters. The van der Waals surface area contributed by atoms with Crippen LogP contribution in [-0.2, 0) is 0 Å². The molecule has 0 atom stereocenters. The van der Waals surface area contributed by atoms with Gasteiger partial charge in [-0.05, 0) is 25.5 Å². The van der Waals surface area contributed by atoms with Crippen LogP contribution >= 0.6 is 0 Å². The molecule has 0 amide bonds. The van der Waals surface area contributed by atoms with Crippen molar-refractivity contribution >= 4 is 5.82 Å². The second-order valence-electron chi connectivity index (χ2n) is 3.45. The summed E-state index contributed by atoms with van der Waals surface area (Å²) in [5.41, 5.74) is 8.55. The topological polar surface area (TPSA) is 64.7 Å². The van der Waals surface area contributed by atoms with Gasteiger partial charge >= 0.3 is 0 Å². The van der Waals surface area contributed by atoms with E-state index in [0.717, 1.165) is 16.8 Å². The number of nitrogens with two attached hydrogens (primary N) is 1. The standard InChI is InChI=1S/C11H12N4/c1-7-3-4-13-6-9(7)11-14-8(2)5-10(12)15-11/h3-6H,1-2H3,(H2,12,14,15). The molecule has 0 aromatic carbocycles. The Morgan fingerprint density at radius 1 is 1.20 bits per heavy atom. The largest absolute Gasteiger partial charge is 0.384 e. The number of aromatic nitrogens is 3. The van der Waals surface area contributed by atoms with E-state index in [1.807, 2.05) is 19.9 Å². The number of nitrogen functional groups attached to an aromatic ring is 1. The first kappa shape index (κ1) is 9.58. The molecule has 76 valence electrons. The van der Waals surface area contributed by atoms with Gasteiger partial charge in [-0.3, -0.25) is 4.98 Å². The van der Waals surface area contributed by atoms with E-state index in [0.29, 0.717) is 11.6 Å². The van der Waals surface area contributed by atoms with E-state index in [1.54, 1.807) is 18.5 Å². The third-order valence-electron chi connectivity index (χ3n) is 2.15. The maximum absolute atomic E-state index is 5.68. The molecule has 0 radical (unpaired) electrons. The molecule has 15 heavy (non-hydrogen) atoms. The molecule has 2 aromatic heterocycles. The molecule has 0 aliphatic carbocycles. The zero-order chi connectivity index (χ0) is 10.8. The van der Waals surface area contributed by atoms with Crippen LogP contribution in [0, 0.1) is 13.8 Å². The normalized spacial score (nSPS) is 10.3. The highest BCUT2D eigenvalue weighted by Crippen LogP contribution is 2.19. The highest BCUT2D eigenvalue weighted by Gasteiger charge is 2.06. The number of aryl methyl sites for hydroxylation is 2. The van der Waals surface area contributed by atoms with Gasteiger partial charge in [-0.25, -0.2) is 9.97 Å². The molecular formula is C11H12N4. The fourth-order valence-corrected chi connectivity index (χ4v) is 1.41. The quantitative estimate of drug-likeness (QED) is 0.761. The Labute approximate surface area is 88.2 Å². The molecule has 0 spiro atoms. The lowest BCUT2D eigenvalue weighted by Crippen LogP contribution is -1.98. The van der Waals surface area contributed by atoms with Gasteiger partial charge in [0.15, 0.2) is 5.82 Å². The smallest absolute Gasteiger partial charge is 0.163 e. The summed E-state index contributed by atoms with van der Waals surface area (Å²) in [6.07, 6.45) is 3.50. The second kappa shape index (κ2) is 3.65. The van der Waals surface area contributed by atoms with E-state index in [9.17, 15) is 0 Å². The molecule has 0 bridgehead atoms. The molecule has 2 rings (SSSR count). The van der Waals surface area contributed by atoms with E-state index in [2.05, 4.69) is 15.0 Å². The predicted octanol–water partition coefficient (Wildman–Crippen LogP) is 1.74. The summed E-state index contributed by atoms with van der Waals surface area (Å²) < 4.78 is 0. The minimum absolute atomic E-state index is 0.487. The summed E-state index contributed by atoms with van der Waals surface area (Å²) in [5.74, 6) is 1.12. The van der Waals surface area contributed by atoms with Gasteiger partial charge in [0.1, 0.15) is 5.82 Å². The van der Waals surface area contributed by atoms with Crippen LogP contribution in [0.1, 0.15) is 11.3 Å². The van der Waals surface area contributed by atoms with Gasteiger partial charge in [-0.2, -0.15) is 0 Å². The molecule has 0 saturated carbocycles. The third-order valence-corrected chi connectivity index (χ3v) is 2.15. The lowest BCUT2D eigenvalue weighted by atomic mass is 10.1. The van der Waals surface area contributed by atoms with Gasteiger partial charge in [0.05, 0.1) is 0 Å². The van der Waals surface area contributed by atoms with E-state index >= 15 is 0 Å². The molecule has 2 N–H and O–H groups in total. The van der Waals surface area contributed by atoms with Crippen molar-refractivity contribution in [2.45, 2.75) is 13.8 Å². The Morgan fingerprint density at radius 2 is 2.00 bits per heavy atom. The Balaban J connectivity index is 2.59. The minimum Gasteiger partial charge on any atom is -0.384 e. The maximum atomic E-state index is 5.68. The molecule has 0 aliphatic rings. The predicted molar refractivity (Wildman–Crippen MR) is 59.1 cm³/mol. The lowest BCUT2D eigenvalue weighted by Gasteiger charge is -2.05. The van der Waals surface area contributed by atoms with Crippen LogP contribution in [0.15, 0.2) is 24.5 Å². The van der Waals surface area contributed by atoms with Crippen molar-refractivity contribution < 1.29 is 0 Å². The number of nitrogens with zero attached hydrogens (tertiary/aromatic N) is 3. The zero-order valence-electron chi connectivity index (χ0n) is 8.73. The van der Waals surface area contributed by atoms with E-state index in [1.165, 1.54) is 0 Å². The van der Waals surface area contributed by atoms with Crippen LogP contribution in [0.25, 0.3) is 11.4 Å². The molecule has 2 aromatic rings. The highest BCUT2D eigenvalue weighted by molar-refractivity contribution is 5.59. The van der Waals surface area contributed by atoms with Crippen LogP contribution in [-0.4, -0.2) is 15.0 Å². The molecule has 0 fully saturated rings. The summed E-state index contributed by atoms with van der Waals surface area (Å²) in [6, 6.07) is 3.67. The molecule has 0 saturated heterocycles. The lowest BCUT2D eigenvalue weighted by molar-refractivity contribution is 1.10. The Kier molecular flexibility index (Phi) is 2.33. The number of pyridine rings is 1. The fraction of sp³-hybridized carbons (Fsp3) is 0.182. The average molecular weight is 200 g/mol. The van der Waals surface area contributed by atoms with E-state index < -0.39 is 0 Å². The zero-order valence-corrected chi connectivity index (χ0v) is 8.73. The van der Waals surface area contributed by atoms with Crippen molar-refractivity contribution in [3.8, 4) is 11.4 Å². The maximum Gasteiger partial charge on any atom is 0.163 e. The summed E-state index contributed by atoms with van der Waals surface area (Å²) in [4.78, 5) is 12.6. The van der Waals surface area contributed by atoms with Gasteiger partial charge in [-0.15, -0.1) is 0 Å². The molecule has 0 aliphatic heterocycles. The van der Waals surface area contributed by atoms with Crippen molar-refractivity contribution in [2.75, 3.05) is 5.73 Å². The molecule has 2 heterocycles. The van der Waals surface area contributed by atoms with Crippen LogP contribution in [0.2, 0.25) is 0 Å². The first-order valence-electron chi connectivity index (χ1n) is 4.69. The first-order valence-corrected chi connectivity index (χ1v) is 4.69. The van der Waals surface area contributed by atoms with Crippen LogP contribution in [0.5, 0.6) is 0 Å². The summed E-state index contributed by atoms with van der Waals surface area (Å²) in [7, 11) is 0. The van der Waals surface area contributed by atoms with Gasteiger partial charge in [0, 0.05) is 29.7 Å². The number of anilines is 1. The van der Waals surface area contributed by atoms with Crippen LogP contribution in [0.3, 0.4) is 0 Å². The summed E-state index contributed by atoms with van der Waals surface area (Å²) >= 11 is 0. The van der Waals surface area contributed by atoms with Crippen molar-refractivity contribution in [2.24, 2.45) is 0 Å². The van der Waals surface area contributed by atoms with Crippen LogP contribution < -0.4 is 5.73 Å².